The highest BCUT2D eigenvalue weighted by Gasteiger charge is 2.47. The average molecular weight is 990 g/mol. The molecule has 0 bridgehead atoms. The molecule has 2 aliphatic rings. The molecule has 2 aliphatic heterocycles. The van der Waals surface area contributed by atoms with Gasteiger partial charge in [0, 0.05) is 59.3 Å². The molecule has 19 nitrogen and oxygen atoms in total. The van der Waals surface area contributed by atoms with Crippen LogP contribution in [-0.2, 0) is 66.2 Å². The van der Waals surface area contributed by atoms with Crippen LogP contribution in [0.25, 0.3) is 10.8 Å². The van der Waals surface area contributed by atoms with Gasteiger partial charge in [-0.05, 0) is 93.5 Å². The van der Waals surface area contributed by atoms with E-state index in [4.69, 9.17) is 5.11 Å². The number of carboxylic acid groups (broad SMARTS) is 1. The minimum absolute atomic E-state index is 0.00848. The Morgan fingerprint density at radius 3 is 1.92 bits per heavy atom. The van der Waals surface area contributed by atoms with Crippen molar-refractivity contribution in [1.82, 2.24) is 0 Å². The first-order chi connectivity index (χ1) is 29.4. The standard InChI is InChI=1S/C40H48N2O17S5/c1-39(2)35(42(21-11-23-61(48,49)50)33-18-16-29-30(38(33)39)24-28(63(54,55)56)26-34(29)64(57,58)59)12-6-4-7-13-36-40(3,19-9-5-8-14-37(43)44)31-25-27(62(51,52)53)15-17-32(31)41(36)20-10-22-60(45,46)47/h4,6-7,12-13,15-18,24-26H,5,8-11,14,19-23H2,1-3H3,(H5-,43,44,45,46,47,48,49,50,51,52,53,54,55,56,57,58,59)/p+1. The lowest BCUT2D eigenvalue weighted by Crippen LogP contribution is -2.30. The Bertz CT molecular complexity index is 3080. The lowest BCUT2D eigenvalue weighted by Gasteiger charge is -2.30. The number of unbranched alkanes of at least 4 members (excludes halogenated alkanes) is 2. The summed E-state index contributed by atoms with van der Waals surface area (Å²) >= 11 is 0. The summed E-state index contributed by atoms with van der Waals surface area (Å²) in [4.78, 5) is 11.0. The van der Waals surface area contributed by atoms with Crippen molar-refractivity contribution in [3.8, 4) is 0 Å². The van der Waals surface area contributed by atoms with Crippen molar-refractivity contribution >= 4 is 84.4 Å². The molecule has 1 unspecified atom stereocenters. The summed E-state index contributed by atoms with van der Waals surface area (Å²) in [6.07, 6.45) is 9.81. The molecule has 0 radical (unpaired) electrons. The van der Waals surface area contributed by atoms with Crippen LogP contribution >= 0.6 is 0 Å². The van der Waals surface area contributed by atoms with E-state index in [1.807, 2.05) is 6.92 Å². The number of aliphatic carboxylic acids is 1. The summed E-state index contributed by atoms with van der Waals surface area (Å²) in [6, 6.07) is 8.56. The molecule has 64 heavy (non-hydrogen) atoms. The van der Waals surface area contributed by atoms with Crippen molar-refractivity contribution in [2.75, 3.05) is 29.5 Å². The average Bonchev–Trinajstić information content (AvgIpc) is 3.51. The van der Waals surface area contributed by atoms with Gasteiger partial charge in [0.2, 0.25) is 5.69 Å². The Morgan fingerprint density at radius 2 is 1.33 bits per heavy atom. The molecule has 0 aliphatic carbocycles. The van der Waals surface area contributed by atoms with Crippen LogP contribution in [0.2, 0.25) is 0 Å². The second kappa shape index (κ2) is 18.5. The molecule has 0 aromatic heterocycles. The van der Waals surface area contributed by atoms with Crippen molar-refractivity contribution in [1.29, 1.82) is 0 Å². The van der Waals surface area contributed by atoms with Crippen LogP contribution in [-0.4, -0.2) is 111 Å². The fourth-order valence-corrected chi connectivity index (χ4v) is 11.4. The van der Waals surface area contributed by atoms with Gasteiger partial charge in [0.05, 0.1) is 26.7 Å². The summed E-state index contributed by atoms with van der Waals surface area (Å²) in [5.74, 6) is -2.17. The van der Waals surface area contributed by atoms with Crippen LogP contribution in [0.3, 0.4) is 0 Å². The molecule has 0 spiro atoms. The lowest BCUT2D eigenvalue weighted by molar-refractivity contribution is -0.437. The second-order valence-electron chi connectivity index (χ2n) is 16.3. The quantitative estimate of drug-likeness (QED) is 0.0361. The molecule has 0 amide bonds. The largest absolute Gasteiger partial charge is 0.481 e. The van der Waals surface area contributed by atoms with Gasteiger partial charge in [0.25, 0.3) is 50.6 Å². The Morgan fingerprint density at radius 1 is 0.688 bits per heavy atom. The first-order valence-electron chi connectivity index (χ1n) is 19.6. The molecule has 24 heteroatoms. The number of anilines is 1. The van der Waals surface area contributed by atoms with Gasteiger partial charge in [0.1, 0.15) is 11.4 Å². The fraction of sp³-hybridized carbons (Fsp3) is 0.400. The van der Waals surface area contributed by atoms with E-state index in [1.165, 1.54) is 30.3 Å². The Labute approximate surface area is 372 Å². The number of fused-ring (bicyclic) bond motifs is 4. The highest BCUT2D eigenvalue weighted by atomic mass is 32.2. The third kappa shape index (κ3) is 11.5. The van der Waals surface area contributed by atoms with Crippen LogP contribution < -0.4 is 4.90 Å². The number of carboxylic acids is 1. The van der Waals surface area contributed by atoms with Crippen molar-refractivity contribution < 1.29 is 79.3 Å². The van der Waals surface area contributed by atoms with Gasteiger partial charge >= 0.3 is 5.97 Å². The van der Waals surface area contributed by atoms with Gasteiger partial charge in [0.15, 0.2) is 5.71 Å². The maximum absolute atomic E-state index is 12.5. The van der Waals surface area contributed by atoms with E-state index in [2.05, 4.69) is 0 Å². The van der Waals surface area contributed by atoms with Crippen molar-refractivity contribution in [2.24, 2.45) is 0 Å². The molecule has 3 aromatic carbocycles. The molecule has 1 atom stereocenters. The van der Waals surface area contributed by atoms with E-state index in [0.717, 1.165) is 6.07 Å². The molecule has 3 aromatic rings. The third-order valence-electron chi connectivity index (χ3n) is 11.3. The number of allylic oxidation sites excluding steroid dienone is 6. The van der Waals surface area contributed by atoms with E-state index in [1.54, 1.807) is 53.7 Å². The van der Waals surface area contributed by atoms with Crippen LogP contribution in [0.1, 0.15) is 76.8 Å². The van der Waals surface area contributed by atoms with Gasteiger partial charge in [-0.1, -0.05) is 31.1 Å². The first kappa shape index (κ1) is 50.6. The highest BCUT2D eigenvalue weighted by molar-refractivity contribution is 7.87. The summed E-state index contributed by atoms with van der Waals surface area (Å²) in [5, 5.41) is 9.13. The number of benzene rings is 3. The zero-order valence-electron chi connectivity index (χ0n) is 34.8. The summed E-state index contributed by atoms with van der Waals surface area (Å²) < 4.78 is 172. The van der Waals surface area contributed by atoms with E-state index in [0.29, 0.717) is 65.7 Å². The topological polar surface area (TPSA) is 315 Å². The van der Waals surface area contributed by atoms with Crippen LogP contribution in [0.15, 0.2) is 93.2 Å². The van der Waals surface area contributed by atoms with Gasteiger partial charge in [-0.2, -0.15) is 46.7 Å². The smallest absolute Gasteiger partial charge is 0.303 e. The molecule has 0 saturated carbocycles. The molecule has 5 rings (SSSR count). The van der Waals surface area contributed by atoms with Gasteiger partial charge in [-0.15, -0.1) is 0 Å². The third-order valence-corrected chi connectivity index (χ3v) is 15.5. The summed E-state index contributed by atoms with van der Waals surface area (Å²) in [5.41, 5.74) is 0.771. The minimum Gasteiger partial charge on any atom is -0.481 e. The van der Waals surface area contributed by atoms with Gasteiger partial charge in [-0.25, -0.2) is 0 Å². The number of carbonyl (C=O) groups is 1. The SMILES string of the molecule is CC1(C)C(C=CC=CC=C2N(CCCS(=O)(=O)O)c3ccc(S(=O)(=O)O)cc3C2(C)CCCCCC(=O)O)=[N+](CCCS(=O)(=O)O)c2ccc3c(S(=O)(=O)O)cc(S(=O)(=O)O)cc3c21. The first-order valence-corrected chi connectivity index (χ1v) is 27.2. The zero-order chi connectivity index (χ0) is 47.8. The number of hydrogen-bond acceptors (Lipinski definition) is 12. The predicted octanol–water partition coefficient (Wildman–Crippen LogP) is 5.32. The normalized spacial score (nSPS) is 18.8. The molecule has 0 saturated heterocycles. The van der Waals surface area contributed by atoms with E-state index in [9.17, 15) is 69.6 Å². The van der Waals surface area contributed by atoms with Gasteiger partial charge in [-0.3, -0.25) is 27.6 Å². The van der Waals surface area contributed by atoms with Crippen molar-refractivity contribution in [3.63, 3.8) is 0 Å². The number of nitrogens with zero attached hydrogens (tertiary/aromatic N) is 2. The van der Waals surface area contributed by atoms with Crippen molar-refractivity contribution in [3.05, 3.63) is 89.7 Å². The molecule has 2 heterocycles. The second-order valence-corrected chi connectivity index (χ2v) is 23.6. The van der Waals surface area contributed by atoms with Crippen LogP contribution in [0.5, 0.6) is 0 Å². The minimum atomic E-state index is -5.03. The van der Waals surface area contributed by atoms with Crippen LogP contribution in [0, 0.1) is 0 Å². The monoisotopic (exact) mass is 989 g/mol. The molecule has 0 fully saturated rings. The van der Waals surface area contributed by atoms with Gasteiger partial charge < -0.3 is 10.0 Å². The Balaban J connectivity index is 1.63. The van der Waals surface area contributed by atoms with E-state index >= 15 is 0 Å². The molecule has 350 valence electrons. The lowest BCUT2D eigenvalue weighted by atomic mass is 9.77. The highest BCUT2D eigenvalue weighted by Crippen LogP contribution is 2.52. The zero-order valence-corrected chi connectivity index (χ0v) is 38.9. The summed E-state index contributed by atoms with van der Waals surface area (Å²) in [7, 11) is -23.4. The number of rotatable bonds is 20. The predicted molar refractivity (Wildman–Crippen MR) is 237 cm³/mol. The molecular weight excluding hydrogens is 941 g/mol. The molecule has 6 N–H and O–H groups in total. The fourth-order valence-electron chi connectivity index (χ4n) is 8.54. The van der Waals surface area contributed by atoms with E-state index < -0.39 is 88.7 Å². The van der Waals surface area contributed by atoms with Crippen molar-refractivity contribution in [2.45, 2.75) is 91.2 Å². The maximum Gasteiger partial charge on any atom is 0.303 e. The van der Waals surface area contributed by atoms with E-state index in [-0.39, 0.29) is 48.0 Å². The Kier molecular flexibility index (Phi) is 14.6. The van der Waals surface area contributed by atoms with Crippen LogP contribution in [0.4, 0.5) is 11.4 Å². The summed E-state index contributed by atoms with van der Waals surface area (Å²) in [6.45, 7) is 5.34. The Hall–Kier alpha value is -4.37. The number of hydrogen-bond donors (Lipinski definition) is 6. The molecular formula is C40H49N2O17S5+. The maximum atomic E-state index is 12.5.